The molecule has 0 saturated carbocycles. The zero-order valence-electron chi connectivity index (χ0n) is 4.46. The molecule has 0 saturated heterocycles. The summed E-state index contributed by atoms with van der Waals surface area (Å²) in [5, 5.41) is 9.43. The average molecular weight is 146 g/mol. The lowest BCUT2D eigenvalue weighted by Gasteiger charge is -1.86. The molecule has 1 aliphatic rings. The summed E-state index contributed by atoms with van der Waals surface area (Å²) in [4.78, 5) is 0. The Morgan fingerprint density at radius 1 is 1.62 bits per heavy atom. The first kappa shape index (κ1) is 6.16. The van der Waals surface area contributed by atoms with E-state index < -0.39 is 0 Å². The zero-order chi connectivity index (χ0) is 5.98. The largest absolute Gasteiger partial charge is 0.148 e. The van der Waals surface area contributed by atoms with E-state index in [1.807, 2.05) is 6.26 Å². The van der Waals surface area contributed by atoms with Gasteiger partial charge in [-0.25, -0.2) is 0 Å². The fraction of sp³-hybridized carbons (Fsp3) is 0.500. The molecule has 0 aromatic heterocycles. The minimum Gasteiger partial charge on any atom is -0.148 e. The molecular weight excluding hydrogens is 140 g/mol. The van der Waals surface area contributed by atoms with Crippen molar-refractivity contribution in [3.8, 4) is 0 Å². The van der Waals surface area contributed by atoms with Gasteiger partial charge in [-0.15, -0.1) is 34.6 Å². The van der Waals surface area contributed by atoms with Crippen LogP contribution in [0.5, 0.6) is 0 Å². The molecule has 0 aromatic rings. The lowest BCUT2D eigenvalue weighted by molar-refractivity contribution is 1.29. The van der Waals surface area contributed by atoms with E-state index in [9.17, 15) is 0 Å². The van der Waals surface area contributed by atoms with Gasteiger partial charge in [0.15, 0.2) is 0 Å². The number of thiol groups is 1. The van der Waals surface area contributed by atoms with Gasteiger partial charge in [-0.3, -0.25) is 0 Å². The number of rotatable bonds is 0. The molecule has 0 amide bonds. The van der Waals surface area contributed by atoms with Crippen LogP contribution in [0, 0.1) is 0 Å². The van der Waals surface area contributed by atoms with Crippen LogP contribution >= 0.6 is 24.4 Å². The Balaban J connectivity index is 2.49. The second kappa shape index (κ2) is 2.55. The molecule has 44 valence electrons. The molecule has 4 heteroatoms. The summed E-state index contributed by atoms with van der Waals surface area (Å²) in [5.41, 5.74) is 0. The van der Waals surface area contributed by atoms with Crippen LogP contribution in [0.3, 0.4) is 0 Å². The summed E-state index contributed by atoms with van der Waals surface area (Å²) >= 11 is 5.65. The van der Waals surface area contributed by atoms with Crippen molar-refractivity contribution in [2.45, 2.75) is 6.42 Å². The Bertz CT molecular complexity index is 150. The molecule has 0 unspecified atom stereocenters. The molecule has 0 bridgehead atoms. The van der Waals surface area contributed by atoms with Gasteiger partial charge >= 0.3 is 0 Å². The number of hydrogen-bond acceptors (Lipinski definition) is 3. The van der Waals surface area contributed by atoms with Gasteiger partial charge in [0.2, 0.25) is 0 Å². The third kappa shape index (κ3) is 1.26. The van der Waals surface area contributed by atoms with Gasteiger partial charge in [-0.2, -0.15) is 0 Å². The van der Waals surface area contributed by atoms with Crippen molar-refractivity contribution in [2.75, 3.05) is 6.26 Å². The molecule has 0 N–H and O–H groups in total. The van der Waals surface area contributed by atoms with Crippen molar-refractivity contribution in [3.63, 3.8) is 0 Å². The van der Waals surface area contributed by atoms with Gasteiger partial charge in [-0.1, -0.05) is 0 Å². The molecular formula is C4H6N2S2. The van der Waals surface area contributed by atoms with E-state index in [1.54, 1.807) is 11.8 Å². The van der Waals surface area contributed by atoms with Gasteiger partial charge in [0.25, 0.3) is 0 Å². The second-order valence-corrected chi connectivity index (χ2v) is 2.79. The monoisotopic (exact) mass is 146 g/mol. The van der Waals surface area contributed by atoms with Gasteiger partial charge < -0.3 is 0 Å². The first-order valence-electron chi connectivity index (χ1n) is 2.19. The first-order valence-corrected chi connectivity index (χ1v) is 3.86. The fourth-order valence-corrected chi connectivity index (χ4v) is 1.14. The van der Waals surface area contributed by atoms with Crippen molar-refractivity contribution >= 4 is 34.5 Å². The van der Waals surface area contributed by atoms with E-state index in [4.69, 9.17) is 0 Å². The summed E-state index contributed by atoms with van der Waals surface area (Å²) in [6, 6.07) is 0. The maximum atomic E-state index is 4.03. The van der Waals surface area contributed by atoms with Crippen molar-refractivity contribution < 1.29 is 0 Å². The number of nitrogens with zero attached hydrogens (tertiary/aromatic N) is 2. The zero-order valence-corrected chi connectivity index (χ0v) is 6.17. The maximum Gasteiger partial charge on any atom is 0.102 e. The summed E-state index contributed by atoms with van der Waals surface area (Å²) in [5.74, 6) is 0. The van der Waals surface area contributed by atoms with Crippen LogP contribution in [0.15, 0.2) is 10.2 Å². The summed E-state index contributed by atoms with van der Waals surface area (Å²) in [7, 11) is 0. The second-order valence-electron chi connectivity index (χ2n) is 1.39. The third-order valence-corrected chi connectivity index (χ3v) is 1.77. The van der Waals surface area contributed by atoms with E-state index in [0.29, 0.717) is 0 Å². The van der Waals surface area contributed by atoms with Gasteiger partial charge in [-0.05, 0) is 6.26 Å². The average Bonchev–Trinajstić information content (AvgIpc) is 2.14. The van der Waals surface area contributed by atoms with Gasteiger partial charge in [0.1, 0.15) is 5.04 Å². The molecule has 1 aliphatic heterocycles. The quantitative estimate of drug-likeness (QED) is 0.513. The Hall–Kier alpha value is 0.0400. The lowest BCUT2D eigenvalue weighted by Crippen LogP contribution is -1.89. The minimum atomic E-state index is 0.814. The highest BCUT2D eigenvalue weighted by Gasteiger charge is 2.05. The molecule has 0 spiro atoms. The van der Waals surface area contributed by atoms with Crippen molar-refractivity contribution in [1.29, 1.82) is 0 Å². The molecule has 8 heavy (non-hydrogen) atoms. The molecule has 0 fully saturated rings. The van der Waals surface area contributed by atoms with Crippen LogP contribution in [-0.2, 0) is 0 Å². The molecule has 1 heterocycles. The van der Waals surface area contributed by atoms with Crippen LogP contribution in [-0.4, -0.2) is 16.3 Å². The molecule has 2 nitrogen and oxygen atoms in total. The Kier molecular flexibility index (Phi) is 1.96. The van der Waals surface area contributed by atoms with Crippen LogP contribution in [0.25, 0.3) is 0 Å². The normalized spacial score (nSPS) is 18.2. The lowest BCUT2D eigenvalue weighted by atomic mass is 10.5. The molecule has 0 atom stereocenters. The third-order valence-electron chi connectivity index (χ3n) is 0.822. The number of hydrogen-bond donors (Lipinski definition) is 1. The molecule has 0 aliphatic carbocycles. The fourth-order valence-electron chi connectivity index (χ4n) is 0.432. The maximum absolute atomic E-state index is 4.03. The van der Waals surface area contributed by atoms with Gasteiger partial charge in [0, 0.05) is 6.42 Å². The topological polar surface area (TPSA) is 24.7 Å². The smallest absolute Gasteiger partial charge is 0.102 e. The van der Waals surface area contributed by atoms with E-state index in [2.05, 4.69) is 22.8 Å². The first-order chi connectivity index (χ1) is 3.83. The van der Waals surface area contributed by atoms with Crippen molar-refractivity contribution in [3.05, 3.63) is 0 Å². The Labute approximate surface area is 57.9 Å². The molecule has 1 rings (SSSR count). The predicted octanol–water partition coefficient (Wildman–Crippen LogP) is 1.39. The Morgan fingerprint density at radius 3 is 2.62 bits per heavy atom. The summed E-state index contributed by atoms with van der Waals surface area (Å²) < 4.78 is 0. The van der Waals surface area contributed by atoms with E-state index >= 15 is 0 Å². The summed E-state index contributed by atoms with van der Waals surface area (Å²) in [6.07, 6.45) is 2.81. The van der Waals surface area contributed by atoms with Crippen molar-refractivity contribution in [1.82, 2.24) is 0 Å². The Morgan fingerprint density at radius 2 is 2.38 bits per heavy atom. The van der Waals surface area contributed by atoms with E-state index in [1.165, 1.54) is 0 Å². The standard InChI is InChI=1S/C4H6N2S2/c1-8-4-2-3(7)5-6-4/h2H2,1H3,(H,5,7). The van der Waals surface area contributed by atoms with Crippen LogP contribution in [0.1, 0.15) is 6.42 Å². The highest BCUT2D eigenvalue weighted by Crippen LogP contribution is 2.12. The van der Waals surface area contributed by atoms with Crippen LogP contribution in [0.4, 0.5) is 0 Å². The highest BCUT2D eigenvalue weighted by molar-refractivity contribution is 8.13. The number of thioether (sulfide) groups is 1. The van der Waals surface area contributed by atoms with Crippen LogP contribution in [0.2, 0.25) is 0 Å². The SMILES string of the molecule is CSC1=NN=C(S)C1. The van der Waals surface area contributed by atoms with E-state index in [-0.39, 0.29) is 0 Å². The van der Waals surface area contributed by atoms with Gasteiger partial charge in [0.05, 0.1) is 5.04 Å². The molecule has 0 radical (unpaired) electrons. The molecule has 0 aromatic carbocycles. The van der Waals surface area contributed by atoms with Crippen LogP contribution < -0.4 is 0 Å². The van der Waals surface area contributed by atoms with Crippen molar-refractivity contribution in [2.24, 2.45) is 10.2 Å². The predicted molar refractivity (Wildman–Crippen MR) is 42.0 cm³/mol. The summed E-state index contributed by atoms with van der Waals surface area (Å²) in [6.45, 7) is 0. The van der Waals surface area contributed by atoms with E-state index in [0.717, 1.165) is 16.5 Å². The highest BCUT2D eigenvalue weighted by atomic mass is 32.2. The minimum absolute atomic E-state index is 0.814.